The van der Waals surface area contributed by atoms with Crippen LogP contribution in [0.2, 0.25) is 0 Å². The van der Waals surface area contributed by atoms with Crippen LogP contribution in [0.5, 0.6) is 0 Å². The summed E-state index contributed by atoms with van der Waals surface area (Å²) in [6, 6.07) is 12.6. The van der Waals surface area contributed by atoms with Crippen LogP contribution in [0.1, 0.15) is 27.0 Å². The minimum atomic E-state index is -1.07. The lowest BCUT2D eigenvalue weighted by Gasteiger charge is -2.07. The van der Waals surface area contributed by atoms with Crippen molar-refractivity contribution in [3.8, 4) is 0 Å². The number of rotatable bonds is 4. The van der Waals surface area contributed by atoms with Crippen LogP contribution in [0, 0.1) is 13.8 Å². The highest BCUT2D eigenvalue weighted by atomic mass is 16.4. The molecule has 0 aliphatic rings. The predicted molar refractivity (Wildman–Crippen MR) is 87.0 cm³/mol. The van der Waals surface area contributed by atoms with E-state index in [1.165, 1.54) is 12.1 Å². The zero-order valence-corrected chi connectivity index (χ0v) is 12.5. The first-order valence-electron chi connectivity index (χ1n) is 6.85. The Balaban J connectivity index is 2.13. The van der Waals surface area contributed by atoms with Crippen molar-refractivity contribution in [2.75, 3.05) is 5.32 Å². The third-order valence-electron chi connectivity index (χ3n) is 3.17. The highest BCUT2D eigenvalue weighted by Gasteiger charge is 2.11. The van der Waals surface area contributed by atoms with Crippen LogP contribution in [0.25, 0.3) is 6.08 Å². The van der Waals surface area contributed by atoms with Crippen LogP contribution >= 0.6 is 0 Å². The normalized spacial score (nSPS) is 10.6. The summed E-state index contributed by atoms with van der Waals surface area (Å²) in [4.78, 5) is 23.1. The van der Waals surface area contributed by atoms with Gasteiger partial charge in [0.1, 0.15) is 0 Å². The summed E-state index contributed by atoms with van der Waals surface area (Å²) in [5.41, 5.74) is 3.30. The fourth-order valence-electron chi connectivity index (χ4n) is 1.97. The fourth-order valence-corrected chi connectivity index (χ4v) is 1.97. The average Bonchev–Trinajstić information content (AvgIpc) is 2.46. The van der Waals surface area contributed by atoms with Gasteiger partial charge in [0.05, 0.1) is 11.3 Å². The quantitative estimate of drug-likeness (QED) is 0.846. The first kappa shape index (κ1) is 15.5. The van der Waals surface area contributed by atoms with Crippen LogP contribution in [-0.4, -0.2) is 17.0 Å². The van der Waals surface area contributed by atoms with Gasteiger partial charge in [-0.2, -0.15) is 0 Å². The molecular weight excluding hydrogens is 278 g/mol. The van der Waals surface area contributed by atoms with E-state index in [-0.39, 0.29) is 11.5 Å². The van der Waals surface area contributed by atoms with E-state index in [1.807, 2.05) is 38.1 Å². The maximum Gasteiger partial charge on any atom is 0.337 e. The van der Waals surface area contributed by atoms with Gasteiger partial charge in [-0.05, 0) is 43.2 Å². The maximum absolute atomic E-state index is 11.9. The number of carbonyl (C=O) groups is 2. The molecule has 2 N–H and O–H groups in total. The Morgan fingerprint density at radius 3 is 2.27 bits per heavy atom. The number of anilines is 1. The summed E-state index contributed by atoms with van der Waals surface area (Å²) in [5.74, 6) is -1.44. The Bertz CT molecular complexity index is 730. The lowest BCUT2D eigenvalue weighted by Crippen LogP contribution is -2.12. The van der Waals surface area contributed by atoms with Crippen molar-refractivity contribution in [3.05, 3.63) is 70.8 Å². The highest BCUT2D eigenvalue weighted by molar-refractivity contribution is 6.06. The fraction of sp³-hybridized carbons (Fsp3) is 0.111. The standard InChI is InChI=1S/C18H17NO3/c1-12-3-6-14(7-4-12)8-10-17(20)19-16-11-13(2)5-9-15(16)18(21)22/h3-11H,1-2H3,(H,19,20)(H,21,22)/b10-8+. The monoisotopic (exact) mass is 295 g/mol. The van der Waals surface area contributed by atoms with Crippen molar-refractivity contribution >= 4 is 23.6 Å². The molecule has 4 heteroatoms. The molecule has 112 valence electrons. The van der Waals surface area contributed by atoms with Gasteiger partial charge < -0.3 is 10.4 Å². The van der Waals surface area contributed by atoms with E-state index in [4.69, 9.17) is 5.11 Å². The molecule has 2 aromatic carbocycles. The van der Waals surface area contributed by atoms with E-state index in [9.17, 15) is 9.59 Å². The molecule has 0 aromatic heterocycles. The smallest absolute Gasteiger partial charge is 0.337 e. The van der Waals surface area contributed by atoms with Crippen LogP contribution < -0.4 is 5.32 Å². The third kappa shape index (κ3) is 4.06. The highest BCUT2D eigenvalue weighted by Crippen LogP contribution is 2.18. The number of aromatic carboxylic acids is 1. The van der Waals surface area contributed by atoms with E-state index in [1.54, 1.807) is 18.2 Å². The molecule has 0 radical (unpaired) electrons. The lowest BCUT2D eigenvalue weighted by atomic mass is 10.1. The Morgan fingerprint density at radius 2 is 1.64 bits per heavy atom. The summed E-state index contributed by atoms with van der Waals surface area (Å²) in [5, 5.41) is 11.7. The summed E-state index contributed by atoms with van der Waals surface area (Å²) < 4.78 is 0. The van der Waals surface area contributed by atoms with Gasteiger partial charge in [-0.1, -0.05) is 35.9 Å². The van der Waals surface area contributed by atoms with Crippen molar-refractivity contribution in [2.24, 2.45) is 0 Å². The third-order valence-corrected chi connectivity index (χ3v) is 3.17. The predicted octanol–water partition coefficient (Wildman–Crippen LogP) is 3.65. The molecular formula is C18H17NO3. The zero-order valence-electron chi connectivity index (χ0n) is 12.5. The number of carboxylic acid groups (broad SMARTS) is 1. The van der Waals surface area contributed by atoms with Gasteiger partial charge in [0, 0.05) is 6.08 Å². The molecule has 0 fully saturated rings. The van der Waals surface area contributed by atoms with E-state index < -0.39 is 5.97 Å². The first-order chi connectivity index (χ1) is 10.5. The van der Waals surface area contributed by atoms with Gasteiger partial charge in [0.25, 0.3) is 0 Å². The number of nitrogens with one attached hydrogen (secondary N) is 1. The van der Waals surface area contributed by atoms with Crippen LogP contribution in [-0.2, 0) is 4.79 Å². The number of aryl methyl sites for hydroxylation is 2. The van der Waals surface area contributed by atoms with E-state index in [2.05, 4.69) is 5.32 Å². The molecule has 0 heterocycles. The van der Waals surface area contributed by atoms with E-state index >= 15 is 0 Å². The minimum absolute atomic E-state index is 0.0719. The van der Waals surface area contributed by atoms with Gasteiger partial charge in [0.15, 0.2) is 0 Å². The molecule has 0 saturated carbocycles. The van der Waals surface area contributed by atoms with Crippen LogP contribution in [0.4, 0.5) is 5.69 Å². The number of hydrogen-bond acceptors (Lipinski definition) is 2. The minimum Gasteiger partial charge on any atom is -0.478 e. The molecule has 22 heavy (non-hydrogen) atoms. The Labute approximate surface area is 129 Å². The number of hydrogen-bond donors (Lipinski definition) is 2. The van der Waals surface area contributed by atoms with Gasteiger partial charge >= 0.3 is 5.97 Å². The molecule has 4 nitrogen and oxygen atoms in total. The lowest BCUT2D eigenvalue weighted by molar-refractivity contribution is -0.111. The average molecular weight is 295 g/mol. The molecule has 0 unspecified atom stereocenters. The van der Waals surface area contributed by atoms with E-state index in [0.717, 1.165) is 16.7 Å². The molecule has 0 aliphatic heterocycles. The number of benzene rings is 2. The van der Waals surface area contributed by atoms with E-state index in [0.29, 0.717) is 5.69 Å². The van der Waals surface area contributed by atoms with Crippen molar-refractivity contribution in [1.29, 1.82) is 0 Å². The van der Waals surface area contributed by atoms with Crippen LogP contribution in [0.15, 0.2) is 48.5 Å². The van der Waals surface area contributed by atoms with Crippen molar-refractivity contribution in [2.45, 2.75) is 13.8 Å². The second-order valence-corrected chi connectivity index (χ2v) is 5.09. The summed E-state index contributed by atoms with van der Waals surface area (Å²) >= 11 is 0. The van der Waals surface area contributed by atoms with Crippen molar-refractivity contribution in [3.63, 3.8) is 0 Å². The SMILES string of the molecule is Cc1ccc(/C=C/C(=O)Nc2cc(C)ccc2C(=O)O)cc1. The summed E-state index contributed by atoms with van der Waals surface area (Å²) in [6.45, 7) is 3.83. The molecule has 0 bridgehead atoms. The molecule has 2 aromatic rings. The van der Waals surface area contributed by atoms with Gasteiger partial charge in [-0.3, -0.25) is 4.79 Å². The maximum atomic E-state index is 11.9. The first-order valence-corrected chi connectivity index (χ1v) is 6.85. The molecule has 0 spiro atoms. The molecule has 0 aliphatic carbocycles. The Hall–Kier alpha value is -2.88. The van der Waals surface area contributed by atoms with Crippen molar-refractivity contribution < 1.29 is 14.7 Å². The summed E-state index contributed by atoms with van der Waals surface area (Å²) in [6.07, 6.45) is 3.07. The molecule has 0 atom stereocenters. The summed E-state index contributed by atoms with van der Waals surface area (Å²) in [7, 11) is 0. The molecule has 1 amide bonds. The largest absolute Gasteiger partial charge is 0.478 e. The number of amides is 1. The Kier molecular flexibility index (Phi) is 4.73. The van der Waals surface area contributed by atoms with Gasteiger partial charge in [-0.25, -0.2) is 4.79 Å². The Morgan fingerprint density at radius 1 is 1.00 bits per heavy atom. The second kappa shape index (κ2) is 6.72. The van der Waals surface area contributed by atoms with Crippen LogP contribution in [0.3, 0.4) is 0 Å². The topological polar surface area (TPSA) is 66.4 Å². The molecule has 0 saturated heterocycles. The second-order valence-electron chi connectivity index (χ2n) is 5.09. The van der Waals surface area contributed by atoms with Crippen molar-refractivity contribution in [1.82, 2.24) is 0 Å². The zero-order chi connectivity index (χ0) is 16.1. The van der Waals surface area contributed by atoms with Gasteiger partial charge in [0.2, 0.25) is 5.91 Å². The number of carboxylic acids is 1. The van der Waals surface area contributed by atoms with Gasteiger partial charge in [-0.15, -0.1) is 0 Å². The number of carbonyl (C=O) groups excluding carboxylic acids is 1. The molecule has 2 rings (SSSR count).